The van der Waals surface area contributed by atoms with Gasteiger partial charge in [0.15, 0.2) is 6.61 Å². The van der Waals surface area contributed by atoms with E-state index >= 15 is 0 Å². The van der Waals surface area contributed by atoms with Crippen molar-refractivity contribution in [3.05, 3.63) is 62.7 Å². The summed E-state index contributed by atoms with van der Waals surface area (Å²) in [6, 6.07) is 7.80. The van der Waals surface area contributed by atoms with Crippen molar-refractivity contribution in [3.8, 4) is 11.8 Å². The Balaban J connectivity index is 2.12. The molecule has 1 amide bonds. The SMILES string of the molecule is N#Cc1ccc(NC(=O)COc2ccc([N+](=O)[O-])cc2C(F)(F)F)cc1Cl. The molecule has 0 aliphatic heterocycles. The predicted molar refractivity (Wildman–Crippen MR) is 88.4 cm³/mol. The molecule has 0 fully saturated rings. The first-order valence-electron chi connectivity index (χ1n) is 7.09. The molecule has 0 aliphatic rings. The van der Waals surface area contributed by atoms with Gasteiger partial charge in [0, 0.05) is 17.8 Å². The van der Waals surface area contributed by atoms with Crippen molar-refractivity contribution in [2.24, 2.45) is 0 Å². The molecule has 2 aromatic rings. The van der Waals surface area contributed by atoms with Crippen LogP contribution in [0.3, 0.4) is 0 Å². The molecular formula is C16H9ClF3N3O4. The molecule has 7 nitrogen and oxygen atoms in total. The first-order chi connectivity index (χ1) is 12.6. The van der Waals surface area contributed by atoms with Gasteiger partial charge in [0.05, 0.1) is 15.5 Å². The number of carbonyl (C=O) groups is 1. The quantitative estimate of drug-likeness (QED) is 0.600. The second kappa shape index (κ2) is 7.92. The summed E-state index contributed by atoms with van der Waals surface area (Å²) in [5, 5.41) is 21.8. The van der Waals surface area contributed by atoms with Gasteiger partial charge >= 0.3 is 6.18 Å². The lowest BCUT2D eigenvalue weighted by atomic mass is 10.1. The smallest absolute Gasteiger partial charge is 0.420 e. The zero-order valence-corrected chi connectivity index (χ0v) is 14.0. The van der Waals surface area contributed by atoms with Gasteiger partial charge in [0.25, 0.3) is 11.6 Å². The highest BCUT2D eigenvalue weighted by Crippen LogP contribution is 2.38. The molecular weight excluding hydrogens is 391 g/mol. The zero-order chi connectivity index (χ0) is 20.2. The van der Waals surface area contributed by atoms with Gasteiger partial charge in [-0.15, -0.1) is 0 Å². The van der Waals surface area contributed by atoms with Crippen molar-refractivity contribution in [2.75, 3.05) is 11.9 Å². The highest BCUT2D eigenvalue weighted by atomic mass is 35.5. The number of nitrogens with one attached hydrogen (secondary N) is 1. The predicted octanol–water partition coefficient (Wildman–Crippen LogP) is 4.16. The van der Waals surface area contributed by atoms with E-state index < -0.39 is 40.6 Å². The van der Waals surface area contributed by atoms with Gasteiger partial charge in [-0.25, -0.2) is 0 Å². The number of nitrogens with zero attached hydrogens (tertiary/aromatic N) is 2. The first-order valence-corrected chi connectivity index (χ1v) is 7.47. The van der Waals surface area contributed by atoms with Gasteiger partial charge in [-0.3, -0.25) is 14.9 Å². The Morgan fingerprint density at radius 1 is 1.30 bits per heavy atom. The number of alkyl halides is 3. The topological polar surface area (TPSA) is 105 Å². The third-order valence-corrected chi connectivity index (χ3v) is 3.52. The van der Waals surface area contributed by atoms with Crippen LogP contribution in [0.5, 0.6) is 5.75 Å². The van der Waals surface area contributed by atoms with Crippen LogP contribution >= 0.6 is 11.6 Å². The highest BCUT2D eigenvalue weighted by Gasteiger charge is 2.36. The molecule has 140 valence electrons. The molecule has 0 unspecified atom stereocenters. The van der Waals surface area contributed by atoms with Crippen molar-refractivity contribution in [1.82, 2.24) is 0 Å². The molecule has 0 saturated carbocycles. The summed E-state index contributed by atoms with van der Waals surface area (Å²) in [7, 11) is 0. The van der Waals surface area contributed by atoms with Gasteiger partial charge in [-0.1, -0.05) is 11.6 Å². The van der Waals surface area contributed by atoms with Gasteiger partial charge in [-0.2, -0.15) is 18.4 Å². The second-order valence-electron chi connectivity index (χ2n) is 5.08. The van der Waals surface area contributed by atoms with E-state index in [1.165, 1.54) is 18.2 Å². The molecule has 0 aliphatic carbocycles. The number of carbonyl (C=O) groups excluding carboxylic acids is 1. The number of nitriles is 1. The van der Waals surface area contributed by atoms with E-state index in [0.717, 1.165) is 12.1 Å². The number of non-ortho nitro benzene ring substituents is 1. The van der Waals surface area contributed by atoms with E-state index in [0.29, 0.717) is 6.07 Å². The Morgan fingerprint density at radius 3 is 2.56 bits per heavy atom. The number of nitro benzene ring substituents is 1. The van der Waals surface area contributed by atoms with Crippen LogP contribution in [0.15, 0.2) is 36.4 Å². The Hall–Kier alpha value is -3.32. The number of amides is 1. The molecule has 0 spiro atoms. The van der Waals surface area contributed by atoms with E-state index in [1.807, 2.05) is 6.07 Å². The number of rotatable bonds is 5. The molecule has 27 heavy (non-hydrogen) atoms. The number of anilines is 1. The minimum atomic E-state index is -4.90. The molecule has 0 aromatic heterocycles. The van der Waals surface area contributed by atoms with E-state index in [9.17, 15) is 28.1 Å². The van der Waals surface area contributed by atoms with Gasteiger partial charge < -0.3 is 10.1 Å². The third kappa shape index (κ3) is 5.08. The molecule has 0 radical (unpaired) electrons. The monoisotopic (exact) mass is 399 g/mol. The summed E-state index contributed by atoms with van der Waals surface area (Å²) < 4.78 is 44.0. The Bertz CT molecular complexity index is 941. The van der Waals surface area contributed by atoms with Gasteiger partial charge in [0.2, 0.25) is 0 Å². The van der Waals surface area contributed by atoms with E-state index in [2.05, 4.69) is 5.32 Å². The molecule has 2 rings (SSSR count). The third-order valence-electron chi connectivity index (χ3n) is 3.21. The van der Waals surface area contributed by atoms with Gasteiger partial charge in [0.1, 0.15) is 17.4 Å². The average Bonchev–Trinajstić information content (AvgIpc) is 2.59. The fraction of sp³-hybridized carbons (Fsp3) is 0.125. The molecule has 0 atom stereocenters. The summed E-state index contributed by atoms with van der Waals surface area (Å²) in [4.78, 5) is 21.5. The Kier molecular flexibility index (Phi) is 5.87. The van der Waals surface area contributed by atoms with Crippen molar-refractivity contribution < 1.29 is 27.6 Å². The van der Waals surface area contributed by atoms with Crippen LogP contribution in [-0.4, -0.2) is 17.4 Å². The fourth-order valence-corrected chi connectivity index (χ4v) is 2.23. The highest BCUT2D eigenvalue weighted by molar-refractivity contribution is 6.32. The number of hydrogen-bond acceptors (Lipinski definition) is 5. The maximum absolute atomic E-state index is 13.0. The van der Waals surface area contributed by atoms with Crippen molar-refractivity contribution in [1.29, 1.82) is 5.26 Å². The summed E-state index contributed by atoms with van der Waals surface area (Å²) in [5.41, 5.74) is -1.73. The van der Waals surface area contributed by atoms with E-state index in [-0.39, 0.29) is 16.3 Å². The molecule has 0 heterocycles. The van der Waals surface area contributed by atoms with Crippen LogP contribution in [0, 0.1) is 21.4 Å². The number of ether oxygens (including phenoxy) is 1. The van der Waals surface area contributed by atoms with Crippen LogP contribution in [0.2, 0.25) is 5.02 Å². The van der Waals surface area contributed by atoms with Crippen LogP contribution in [-0.2, 0) is 11.0 Å². The lowest BCUT2D eigenvalue weighted by Crippen LogP contribution is -2.21. The standard InChI is InChI=1S/C16H9ClF3N3O4/c17-13-5-10(2-1-9(13)7-21)22-15(24)8-27-14-4-3-11(23(25)26)6-12(14)16(18,19)20/h1-6H,8H2,(H,22,24). The van der Waals surface area contributed by atoms with Gasteiger partial charge in [-0.05, 0) is 24.3 Å². The van der Waals surface area contributed by atoms with Crippen LogP contribution in [0.1, 0.15) is 11.1 Å². The minimum Gasteiger partial charge on any atom is -0.483 e. The van der Waals surface area contributed by atoms with Crippen molar-refractivity contribution in [3.63, 3.8) is 0 Å². The normalized spacial score (nSPS) is 10.8. The summed E-state index contributed by atoms with van der Waals surface area (Å²) in [5.74, 6) is -1.51. The van der Waals surface area contributed by atoms with Crippen LogP contribution < -0.4 is 10.1 Å². The number of nitro groups is 1. The molecule has 0 bridgehead atoms. The first kappa shape index (κ1) is 20.0. The number of benzene rings is 2. The summed E-state index contributed by atoms with van der Waals surface area (Å²) in [6.45, 7) is -0.779. The van der Waals surface area contributed by atoms with Crippen molar-refractivity contribution >= 4 is 28.9 Å². The lowest BCUT2D eigenvalue weighted by Gasteiger charge is -2.14. The molecule has 2 aromatic carbocycles. The fourth-order valence-electron chi connectivity index (χ4n) is 2.00. The lowest BCUT2D eigenvalue weighted by molar-refractivity contribution is -0.385. The number of hydrogen-bond donors (Lipinski definition) is 1. The van der Waals surface area contributed by atoms with E-state index in [4.69, 9.17) is 21.6 Å². The number of halogens is 4. The molecule has 0 saturated heterocycles. The summed E-state index contributed by atoms with van der Waals surface area (Å²) in [6.07, 6.45) is -4.90. The summed E-state index contributed by atoms with van der Waals surface area (Å²) >= 11 is 5.81. The second-order valence-corrected chi connectivity index (χ2v) is 5.49. The van der Waals surface area contributed by atoms with Crippen molar-refractivity contribution in [2.45, 2.75) is 6.18 Å². The average molecular weight is 400 g/mol. The largest absolute Gasteiger partial charge is 0.483 e. The minimum absolute atomic E-state index is 0.0888. The zero-order valence-electron chi connectivity index (χ0n) is 13.2. The Labute approximate surface area is 155 Å². The molecule has 11 heteroatoms. The van der Waals surface area contributed by atoms with E-state index in [1.54, 1.807) is 0 Å². The molecule has 1 N–H and O–H groups in total. The van der Waals surface area contributed by atoms with Crippen LogP contribution in [0.25, 0.3) is 0 Å². The Morgan fingerprint density at radius 2 is 2.00 bits per heavy atom. The maximum atomic E-state index is 13.0. The maximum Gasteiger partial charge on any atom is 0.420 e. The van der Waals surface area contributed by atoms with Crippen LogP contribution in [0.4, 0.5) is 24.5 Å².